The highest BCUT2D eigenvalue weighted by atomic mass is 32.2. The van der Waals surface area contributed by atoms with Crippen LogP contribution in [-0.2, 0) is 21.8 Å². The van der Waals surface area contributed by atoms with Crippen LogP contribution in [0.1, 0.15) is 36.2 Å². The lowest BCUT2D eigenvalue weighted by Gasteiger charge is -2.28. The van der Waals surface area contributed by atoms with Crippen LogP contribution >= 0.6 is 0 Å². The van der Waals surface area contributed by atoms with Gasteiger partial charge in [0.15, 0.2) is 0 Å². The quantitative estimate of drug-likeness (QED) is 0.696. The Hall–Kier alpha value is -2.76. The van der Waals surface area contributed by atoms with E-state index in [1.54, 1.807) is 12.1 Å². The predicted octanol–water partition coefficient (Wildman–Crippen LogP) is 1.43. The molecule has 0 atom stereocenters. The average Bonchev–Trinajstić information content (AvgIpc) is 3.11. The summed E-state index contributed by atoms with van der Waals surface area (Å²) in [5.74, 6) is -0.511. The second kappa shape index (κ2) is 10.0. The highest BCUT2D eigenvalue weighted by molar-refractivity contribution is 7.89. The first kappa shape index (κ1) is 23.4. The molecule has 2 aliphatic heterocycles. The van der Waals surface area contributed by atoms with Crippen LogP contribution in [0.25, 0.3) is 0 Å². The number of ether oxygens (including phenoxy) is 1. The van der Waals surface area contributed by atoms with Crippen molar-refractivity contribution in [2.24, 2.45) is 7.05 Å². The fraction of sp³-hybridized carbons (Fsp3) is 0.500. The van der Waals surface area contributed by atoms with Crippen molar-refractivity contribution in [1.29, 1.82) is 0 Å². The van der Waals surface area contributed by atoms with Gasteiger partial charge in [-0.2, -0.15) is 9.40 Å². The molecule has 2 aliphatic rings. The Labute approximate surface area is 193 Å². The molecular formula is C22H29N5O5S. The molecule has 0 spiro atoms. The molecule has 3 heterocycles. The zero-order chi connectivity index (χ0) is 23.4. The first-order valence-electron chi connectivity index (χ1n) is 11.2. The Morgan fingerprint density at radius 1 is 1.00 bits per heavy atom. The molecule has 2 saturated heterocycles. The molecule has 1 aromatic carbocycles. The second-order valence-corrected chi connectivity index (χ2v) is 10.2. The van der Waals surface area contributed by atoms with E-state index in [0.717, 1.165) is 49.1 Å². The van der Waals surface area contributed by atoms with Crippen LogP contribution in [0, 0.1) is 0 Å². The summed E-state index contributed by atoms with van der Waals surface area (Å²) in [6, 6.07) is 7.52. The van der Waals surface area contributed by atoms with Crippen molar-refractivity contribution in [2.75, 3.05) is 49.6 Å². The Bertz CT molecular complexity index is 1170. The molecule has 11 heteroatoms. The smallest absolute Gasteiger partial charge is 0.276 e. The van der Waals surface area contributed by atoms with E-state index in [1.165, 1.54) is 29.6 Å². The van der Waals surface area contributed by atoms with E-state index in [0.29, 0.717) is 32.0 Å². The minimum atomic E-state index is -3.73. The van der Waals surface area contributed by atoms with Gasteiger partial charge in [0.25, 0.3) is 11.5 Å². The van der Waals surface area contributed by atoms with Crippen molar-refractivity contribution < 1.29 is 17.9 Å². The number of aromatic nitrogens is 2. The van der Waals surface area contributed by atoms with Gasteiger partial charge in [-0.3, -0.25) is 9.59 Å². The summed E-state index contributed by atoms with van der Waals surface area (Å²) in [6.07, 6.45) is 4.35. The van der Waals surface area contributed by atoms with Crippen molar-refractivity contribution in [3.05, 3.63) is 46.4 Å². The van der Waals surface area contributed by atoms with E-state index in [2.05, 4.69) is 15.3 Å². The van der Waals surface area contributed by atoms with Gasteiger partial charge < -0.3 is 15.0 Å². The first-order chi connectivity index (χ1) is 15.9. The normalized spacial score (nSPS) is 18.0. The fourth-order valence-corrected chi connectivity index (χ4v) is 5.54. The molecule has 1 N–H and O–H groups in total. The van der Waals surface area contributed by atoms with Crippen molar-refractivity contribution in [3.63, 3.8) is 0 Å². The number of nitrogens with one attached hydrogen (secondary N) is 1. The number of carbonyl (C=O) groups is 1. The topological polar surface area (TPSA) is 114 Å². The van der Waals surface area contributed by atoms with Crippen molar-refractivity contribution in [2.45, 2.75) is 30.6 Å². The first-order valence-corrected chi connectivity index (χ1v) is 12.6. The van der Waals surface area contributed by atoms with Gasteiger partial charge in [-0.25, -0.2) is 13.1 Å². The maximum atomic E-state index is 13.2. The number of anilines is 2. The van der Waals surface area contributed by atoms with E-state index >= 15 is 0 Å². The number of aryl methyl sites for hydroxylation is 1. The largest absolute Gasteiger partial charge is 0.379 e. The SMILES string of the molecule is Cn1nc(C(=O)Nc2cc(S(=O)(=O)N3CCOCC3)ccc2N2CCCCCC2)ccc1=O. The van der Waals surface area contributed by atoms with Gasteiger partial charge in [-0.15, -0.1) is 0 Å². The van der Waals surface area contributed by atoms with Crippen LogP contribution in [0.15, 0.2) is 40.0 Å². The van der Waals surface area contributed by atoms with Crippen molar-refractivity contribution in [1.82, 2.24) is 14.1 Å². The zero-order valence-corrected chi connectivity index (χ0v) is 19.5. The third-order valence-corrected chi connectivity index (χ3v) is 7.86. The predicted molar refractivity (Wildman–Crippen MR) is 124 cm³/mol. The van der Waals surface area contributed by atoms with E-state index in [-0.39, 0.29) is 16.1 Å². The van der Waals surface area contributed by atoms with Gasteiger partial charge in [-0.05, 0) is 37.1 Å². The molecule has 2 fully saturated rings. The molecule has 2 aromatic rings. The summed E-state index contributed by atoms with van der Waals surface area (Å²) in [6.45, 7) is 2.95. The Kier molecular flexibility index (Phi) is 7.11. The standard InChI is InChI=1S/C22H29N5O5S/c1-25-21(28)9-7-18(24-25)22(29)23-19-16-17(33(30,31)27-12-14-32-15-13-27)6-8-20(19)26-10-4-2-3-5-11-26/h6-9,16H,2-5,10-15H2,1H3,(H,23,29). The van der Waals surface area contributed by atoms with E-state index < -0.39 is 15.9 Å². The maximum Gasteiger partial charge on any atom is 0.276 e. The average molecular weight is 476 g/mol. The minimum Gasteiger partial charge on any atom is -0.379 e. The molecule has 1 aromatic heterocycles. The highest BCUT2D eigenvalue weighted by Crippen LogP contribution is 2.32. The second-order valence-electron chi connectivity index (χ2n) is 8.23. The number of nitrogens with zero attached hydrogens (tertiary/aromatic N) is 4. The molecule has 1 amide bonds. The van der Waals surface area contributed by atoms with Gasteiger partial charge in [0.2, 0.25) is 10.0 Å². The van der Waals surface area contributed by atoms with Crippen LogP contribution in [-0.4, -0.2) is 67.8 Å². The van der Waals surface area contributed by atoms with Crippen LogP contribution in [0.5, 0.6) is 0 Å². The molecule has 10 nitrogen and oxygen atoms in total. The van der Waals surface area contributed by atoms with Crippen LogP contribution < -0.4 is 15.8 Å². The number of benzene rings is 1. The Morgan fingerprint density at radius 3 is 2.36 bits per heavy atom. The number of hydrogen-bond donors (Lipinski definition) is 1. The third-order valence-electron chi connectivity index (χ3n) is 5.96. The van der Waals surface area contributed by atoms with Crippen LogP contribution in [0.3, 0.4) is 0 Å². The van der Waals surface area contributed by atoms with Gasteiger partial charge in [0.1, 0.15) is 5.69 Å². The molecule has 0 bridgehead atoms. The monoisotopic (exact) mass is 475 g/mol. The molecular weight excluding hydrogens is 446 g/mol. The summed E-state index contributed by atoms with van der Waals surface area (Å²) in [5.41, 5.74) is 0.929. The number of rotatable bonds is 5. The number of morpholine rings is 1. The van der Waals surface area contributed by atoms with Gasteiger partial charge >= 0.3 is 0 Å². The molecule has 0 saturated carbocycles. The molecule has 0 aliphatic carbocycles. The number of amides is 1. The van der Waals surface area contributed by atoms with Crippen LogP contribution in [0.2, 0.25) is 0 Å². The van der Waals surface area contributed by atoms with Crippen molar-refractivity contribution in [3.8, 4) is 0 Å². The molecule has 4 rings (SSSR count). The lowest BCUT2D eigenvalue weighted by atomic mass is 10.2. The molecule has 178 valence electrons. The molecule has 33 heavy (non-hydrogen) atoms. The Balaban J connectivity index is 1.70. The summed E-state index contributed by atoms with van der Waals surface area (Å²) < 4.78 is 34.2. The van der Waals surface area contributed by atoms with Gasteiger partial charge in [-0.1, -0.05) is 12.8 Å². The number of hydrogen-bond acceptors (Lipinski definition) is 7. The van der Waals surface area contributed by atoms with E-state index in [9.17, 15) is 18.0 Å². The van der Waals surface area contributed by atoms with Crippen molar-refractivity contribution >= 4 is 27.3 Å². The van der Waals surface area contributed by atoms with E-state index in [4.69, 9.17) is 4.74 Å². The number of sulfonamides is 1. The lowest BCUT2D eigenvalue weighted by Crippen LogP contribution is -2.40. The summed E-state index contributed by atoms with van der Waals surface area (Å²) in [4.78, 5) is 26.9. The Morgan fingerprint density at radius 2 is 1.70 bits per heavy atom. The van der Waals surface area contributed by atoms with Gasteiger partial charge in [0, 0.05) is 39.3 Å². The highest BCUT2D eigenvalue weighted by Gasteiger charge is 2.28. The summed E-state index contributed by atoms with van der Waals surface area (Å²) >= 11 is 0. The van der Waals surface area contributed by atoms with E-state index in [1.807, 2.05) is 0 Å². The zero-order valence-electron chi connectivity index (χ0n) is 18.7. The summed E-state index contributed by atoms with van der Waals surface area (Å²) in [7, 11) is -2.26. The fourth-order valence-electron chi connectivity index (χ4n) is 4.11. The lowest BCUT2D eigenvalue weighted by molar-refractivity contribution is 0.0730. The third kappa shape index (κ3) is 5.26. The number of carbonyl (C=O) groups excluding carboxylic acids is 1. The molecule has 0 unspecified atom stereocenters. The summed E-state index contributed by atoms with van der Waals surface area (Å²) in [5, 5.41) is 6.85. The maximum absolute atomic E-state index is 13.2. The minimum absolute atomic E-state index is 0.0698. The van der Waals surface area contributed by atoms with Crippen LogP contribution in [0.4, 0.5) is 11.4 Å². The van der Waals surface area contributed by atoms with Gasteiger partial charge in [0.05, 0.1) is 29.5 Å². The molecule has 0 radical (unpaired) electrons.